The van der Waals surface area contributed by atoms with Gasteiger partial charge >= 0.3 is 0 Å². The third-order valence-electron chi connectivity index (χ3n) is 3.96. The van der Waals surface area contributed by atoms with E-state index in [0.717, 1.165) is 35.2 Å². The second kappa shape index (κ2) is 5.69. The van der Waals surface area contributed by atoms with Gasteiger partial charge in [0.2, 0.25) is 5.91 Å². The Morgan fingerprint density at radius 1 is 1.43 bits per heavy atom. The fraction of sp³-hybridized carbons (Fsp3) is 0.375. The van der Waals surface area contributed by atoms with E-state index in [9.17, 15) is 4.79 Å². The van der Waals surface area contributed by atoms with Gasteiger partial charge < -0.3 is 15.5 Å². The minimum absolute atomic E-state index is 0.0896. The van der Waals surface area contributed by atoms with Gasteiger partial charge in [-0.3, -0.25) is 9.78 Å². The maximum atomic E-state index is 12.1. The van der Waals surface area contributed by atoms with Crippen LogP contribution >= 0.6 is 0 Å². The van der Waals surface area contributed by atoms with Crippen molar-refractivity contribution in [3.05, 3.63) is 36.0 Å². The van der Waals surface area contributed by atoms with E-state index in [2.05, 4.69) is 33.8 Å². The van der Waals surface area contributed by atoms with Crippen LogP contribution in [-0.4, -0.2) is 42.0 Å². The number of hydrogen-bond donors (Lipinski definition) is 2. The quantitative estimate of drug-likeness (QED) is 0.899. The van der Waals surface area contributed by atoms with Gasteiger partial charge in [0.05, 0.1) is 11.6 Å². The van der Waals surface area contributed by atoms with E-state index in [1.807, 2.05) is 24.9 Å². The molecule has 1 saturated heterocycles. The Morgan fingerprint density at radius 2 is 2.29 bits per heavy atom. The van der Waals surface area contributed by atoms with E-state index in [0.29, 0.717) is 6.54 Å². The zero-order chi connectivity index (χ0) is 14.8. The highest BCUT2D eigenvalue weighted by atomic mass is 16.2. The number of benzene rings is 1. The topological polar surface area (TPSA) is 57.3 Å². The number of carbonyl (C=O) groups excluding carboxylic acids is 1. The summed E-state index contributed by atoms with van der Waals surface area (Å²) in [5, 5.41) is 7.45. The molecule has 110 valence electrons. The summed E-state index contributed by atoms with van der Waals surface area (Å²) >= 11 is 0. The third-order valence-corrected chi connectivity index (χ3v) is 3.96. The van der Waals surface area contributed by atoms with Gasteiger partial charge in [0.25, 0.3) is 0 Å². The molecule has 5 heteroatoms. The van der Waals surface area contributed by atoms with Crippen molar-refractivity contribution in [1.82, 2.24) is 15.2 Å². The summed E-state index contributed by atoms with van der Waals surface area (Å²) in [4.78, 5) is 18.5. The van der Waals surface area contributed by atoms with Gasteiger partial charge in [-0.1, -0.05) is 12.1 Å². The molecule has 1 amide bonds. The van der Waals surface area contributed by atoms with Crippen molar-refractivity contribution in [3.8, 4) is 0 Å². The maximum Gasteiger partial charge on any atom is 0.239 e. The largest absolute Gasteiger partial charge is 0.388 e. The minimum Gasteiger partial charge on any atom is -0.388 e. The van der Waals surface area contributed by atoms with Crippen LogP contribution in [-0.2, 0) is 11.3 Å². The van der Waals surface area contributed by atoms with Gasteiger partial charge in [-0.25, -0.2) is 0 Å². The number of nitrogens with one attached hydrogen (secondary N) is 2. The number of aromatic nitrogens is 1. The zero-order valence-electron chi connectivity index (χ0n) is 12.4. The molecule has 1 fully saturated rings. The predicted molar refractivity (Wildman–Crippen MR) is 84.2 cm³/mol. The molecule has 1 unspecified atom stereocenters. The molecule has 1 aromatic carbocycles. The van der Waals surface area contributed by atoms with E-state index in [-0.39, 0.29) is 11.9 Å². The van der Waals surface area contributed by atoms with Crippen molar-refractivity contribution < 1.29 is 4.79 Å². The molecule has 0 aliphatic carbocycles. The highest BCUT2D eigenvalue weighted by molar-refractivity contribution is 5.91. The average molecular weight is 284 g/mol. The summed E-state index contributed by atoms with van der Waals surface area (Å²) in [6.07, 6.45) is 1.80. The van der Waals surface area contributed by atoms with Crippen LogP contribution in [0.15, 0.2) is 30.5 Å². The van der Waals surface area contributed by atoms with Crippen LogP contribution < -0.4 is 10.6 Å². The Bertz CT molecular complexity index is 670. The van der Waals surface area contributed by atoms with Gasteiger partial charge in [-0.2, -0.15) is 0 Å². The highest BCUT2D eigenvalue weighted by Crippen LogP contribution is 2.22. The number of anilines is 1. The van der Waals surface area contributed by atoms with Crippen molar-refractivity contribution >= 4 is 22.5 Å². The molecule has 0 saturated carbocycles. The molecular weight excluding hydrogens is 264 g/mol. The molecule has 1 aliphatic rings. The smallest absolute Gasteiger partial charge is 0.239 e. The van der Waals surface area contributed by atoms with Crippen molar-refractivity contribution in [2.75, 3.05) is 25.5 Å². The summed E-state index contributed by atoms with van der Waals surface area (Å²) in [6.45, 7) is 4.16. The molecule has 1 atom stereocenters. The monoisotopic (exact) mass is 284 g/mol. The molecule has 0 bridgehead atoms. The van der Waals surface area contributed by atoms with Gasteiger partial charge in [-0.15, -0.1) is 0 Å². The Morgan fingerprint density at radius 3 is 3.10 bits per heavy atom. The number of carbonyl (C=O) groups is 1. The first-order valence-corrected chi connectivity index (χ1v) is 7.26. The molecule has 3 rings (SSSR count). The first-order chi connectivity index (χ1) is 10.2. The van der Waals surface area contributed by atoms with Gasteiger partial charge in [0.15, 0.2) is 0 Å². The van der Waals surface area contributed by atoms with E-state index in [1.165, 1.54) is 0 Å². The van der Waals surface area contributed by atoms with Crippen molar-refractivity contribution in [1.29, 1.82) is 0 Å². The fourth-order valence-corrected chi connectivity index (χ4v) is 2.77. The van der Waals surface area contributed by atoms with E-state index in [4.69, 9.17) is 0 Å². The standard InChI is InChI=1S/C16H20N4O/c1-11-16(21)20(8-7-18-11)10-12-3-4-13-14(17-2)5-6-19-15(13)9-12/h3-6,9,11,18H,7-8,10H2,1-2H3,(H,17,19). The van der Waals surface area contributed by atoms with E-state index in [1.54, 1.807) is 6.20 Å². The average Bonchev–Trinajstić information content (AvgIpc) is 2.51. The lowest BCUT2D eigenvalue weighted by Crippen LogP contribution is -2.53. The van der Waals surface area contributed by atoms with Crippen LogP contribution in [0.5, 0.6) is 0 Å². The van der Waals surface area contributed by atoms with E-state index < -0.39 is 0 Å². The molecule has 0 radical (unpaired) electrons. The maximum absolute atomic E-state index is 12.1. The van der Waals surface area contributed by atoms with Crippen LogP contribution in [0.2, 0.25) is 0 Å². The Kier molecular flexibility index (Phi) is 3.75. The highest BCUT2D eigenvalue weighted by Gasteiger charge is 2.24. The molecule has 1 aromatic heterocycles. The number of piperazine rings is 1. The lowest BCUT2D eigenvalue weighted by atomic mass is 10.1. The van der Waals surface area contributed by atoms with Gasteiger partial charge in [0.1, 0.15) is 0 Å². The lowest BCUT2D eigenvalue weighted by molar-refractivity contribution is -0.135. The van der Waals surface area contributed by atoms with Crippen LogP contribution in [0.3, 0.4) is 0 Å². The lowest BCUT2D eigenvalue weighted by Gasteiger charge is -2.31. The fourth-order valence-electron chi connectivity index (χ4n) is 2.77. The van der Waals surface area contributed by atoms with Crippen molar-refractivity contribution in [2.24, 2.45) is 0 Å². The number of fused-ring (bicyclic) bond motifs is 1. The molecule has 21 heavy (non-hydrogen) atoms. The molecule has 0 spiro atoms. The van der Waals surface area contributed by atoms with E-state index >= 15 is 0 Å². The third kappa shape index (κ3) is 2.69. The van der Waals surface area contributed by atoms with Crippen molar-refractivity contribution in [3.63, 3.8) is 0 Å². The zero-order valence-corrected chi connectivity index (χ0v) is 12.4. The molecule has 2 heterocycles. The van der Waals surface area contributed by atoms with Crippen molar-refractivity contribution in [2.45, 2.75) is 19.5 Å². The minimum atomic E-state index is -0.0896. The molecule has 2 aromatic rings. The predicted octanol–water partition coefficient (Wildman–Crippen LogP) is 1.60. The molecule has 2 N–H and O–H groups in total. The van der Waals surface area contributed by atoms with Gasteiger partial charge in [0, 0.05) is 44.0 Å². The Balaban J connectivity index is 1.86. The van der Waals surface area contributed by atoms with Crippen LogP contribution in [0, 0.1) is 0 Å². The number of nitrogens with zero attached hydrogens (tertiary/aromatic N) is 2. The number of amides is 1. The number of pyridine rings is 1. The van der Waals surface area contributed by atoms with Crippen LogP contribution in [0.1, 0.15) is 12.5 Å². The molecular formula is C16H20N4O. The normalized spacial score (nSPS) is 19.0. The summed E-state index contributed by atoms with van der Waals surface area (Å²) < 4.78 is 0. The summed E-state index contributed by atoms with van der Waals surface area (Å²) in [6, 6.07) is 8.08. The summed E-state index contributed by atoms with van der Waals surface area (Å²) in [7, 11) is 1.91. The Hall–Kier alpha value is -2.14. The number of rotatable bonds is 3. The van der Waals surface area contributed by atoms with Crippen LogP contribution in [0.25, 0.3) is 10.9 Å². The molecule has 5 nitrogen and oxygen atoms in total. The SMILES string of the molecule is CNc1ccnc2cc(CN3CCNC(C)C3=O)ccc12. The van der Waals surface area contributed by atoms with Gasteiger partial charge in [-0.05, 0) is 24.6 Å². The summed E-state index contributed by atoms with van der Waals surface area (Å²) in [5.74, 6) is 0.165. The second-order valence-electron chi connectivity index (χ2n) is 5.40. The number of hydrogen-bond acceptors (Lipinski definition) is 4. The first-order valence-electron chi connectivity index (χ1n) is 7.26. The second-order valence-corrected chi connectivity index (χ2v) is 5.40. The Labute approximate surface area is 124 Å². The summed E-state index contributed by atoms with van der Waals surface area (Å²) in [5.41, 5.74) is 3.14. The molecule has 1 aliphatic heterocycles. The first kappa shape index (κ1) is 13.8. The van der Waals surface area contributed by atoms with Crippen LogP contribution in [0.4, 0.5) is 5.69 Å².